The van der Waals surface area contributed by atoms with Gasteiger partial charge in [0.25, 0.3) is 5.91 Å². The number of rotatable bonds is 3. The Morgan fingerprint density at radius 3 is 3.08 bits per heavy atom. The number of para-hydroxylation sites is 2. The minimum atomic E-state index is -0.268. The average Bonchev–Trinajstić information content (AvgIpc) is 3.05. The molecule has 2 amide bonds. The molecule has 126 valence electrons. The molecule has 7 nitrogen and oxygen atoms in total. The highest BCUT2D eigenvalue weighted by atomic mass is 16.5. The summed E-state index contributed by atoms with van der Waals surface area (Å²) >= 11 is 0. The minimum absolute atomic E-state index is 0.0652. The summed E-state index contributed by atoms with van der Waals surface area (Å²) in [4.78, 5) is 26.1. The molecule has 1 aliphatic rings. The number of amides is 2. The summed E-state index contributed by atoms with van der Waals surface area (Å²) in [5.41, 5.74) is 3.13. The second-order valence-electron chi connectivity index (χ2n) is 5.91. The zero-order valence-electron chi connectivity index (χ0n) is 13.6. The van der Waals surface area contributed by atoms with Gasteiger partial charge in [0.2, 0.25) is 5.91 Å². The first-order chi connectivity index (χ1) is 12.1. The number of anilines is 2. The van der Waals surface area contributed by atoms with Gasteiger partial charge in [-0.2, -0.15) is 5.10 Å². The lowest BCUT2D eigenvalue weighted by molar-refractivity contribution is -0.123. The average molecular weight is 336 g/mol. The number of ether oxygens (including phenoxy) is 1. The van der Waals surface area contributed by atoms with E-state index in [1.165, 1.54) is 4.90 Å². The van der Waals surface area contributed by atoms with E-state index in [0.29, 0.717) is 17.1 Å². The van der Waals surface area contributed by atoms with Crippen molar-refractivity contribution in [3.63, 3.8) is 0 Å². The largest absolute Gasteiger partial charge is 0.482 e. The van der Waals surface area contributed by atoms with E-state index >= 15 is 0 Å². The molecular weight excluding hydrogens is 320 g/mol. The van der Waals surface area contributed by atoms with Crippen molar-refractivity contribution in [1.29, 1.82) is 0 Å². The lowest BCUT2D eigenvalue weighted by Crippen LogP contribution is -2.43. The Balaban J connectivity index is 1.55. The zero-order valence-corrected chi connectivity index (χ0v) is 13.6. The van der Waals surface area contributed by atoms with Gasteiger partial charge in [-0.05, 0) is 36.8 Å². The van der Waals surface area contributed by atoms with Crippen molar-refractivity contribution < 1.29 is 14.3 Å². The molecule has 0 radical (unpaired) electrons. The number of nitrogens with one attached hydrogen (secondary N) is 2. The third-order valence-electron chi connectivity index (χ3n) is 4.17. The van der Waals surface area contributed by atoms with E-state index in [0.717, 1.165) is 16.5 Å². The molecule has 2 aromatic carbocycles. The number of fused-ring (bicyclic) bond motifs is 2. The summed E-state index contributed by atoms with van der Waals surface area (Å²) in [7, 11) is 0. The molecule has 1 aromatic heterocycles. The van der Waals surface area contributed by atoms with E-state index in [2.05, 4.69) is 15.5 Å². The fourth-order valence-electron chi connectivity index (χ4n) is 2.89. The Labute approximate surface area is 143 Å². The number of nitrogens with zero attached hydrogens (tertiary/aromatic N) is 2. The summed E-state index contributed by atoms with van der Waals surface area (Å²) in [5.74, 6) is 0.0951. The van der Waals surface area contributed by atoms with Gasteiger partial charge >= 0.3 is 0 Å². The number of aryl methyl sites for hydroxylation is 1. The molecule has 2 N–H and O–H groups in total. The van der Waals surface area contributed by atoms with Crippen LogP contribution in [-0.4, -0.2) is 35.2 Å². The number of carbonyl (C=O) groups excluding carboxylic acids is 2. The van der Waals surface area contributed by atoms with Crippen molar-refractivity contribution in [3.05, 3.63) is 48.2 Å². The maximum absolute atomic E-state index is 12.5. The number of benzene rings is 2. The Bertz CT molecular complexity index is 979. The molecule has 0 aliphatic carbocycles. The van der Waals surface area contributed by atoms with E-state index in [1.54, 1.807) is 18.3 Å². The second-order valence-corrected chi connectivity index (χ2v) is 5.91. The van der Waals surface area contributed by atoms with Crippen LogP contribution in [0.5, 0.6) is 5.75 Å². The Kier molecular flexibility index (Phi) is 3.61. The van der Waals surface area contributed by atoms with Gasteiger partial charge in [-0.15, -0.1) is 0 Å². The summed E-state index contributed by atoms with van der Waals surface area (Å²) < 4.78 is 5.39. The first-order valence-electron chi connectivity index (χ1n) is 7.87. The van der Waals surface area contributed by atoms with Gasteiger partial charge in [0.1, 0.15) is 12.3 Å². The molecule has 2 heterocycles. The minimum Gasteiger partial charge on any atom is -0.482 e. The topological polar surface area (TPSA) is 87.3 Å². The fourth-order valence-corrected chi connectivity index (χ4v) is 2.89. The van der Waals surface area contributed by atoms with Crippen LogP contribution in [-0.2, 0) is 9.59 Å². The number of carbonyl (C=O) groups is 2. The van der Waals surface area contributed by atoms with Crippen LogP contribution in [0.4, 0.5) is 11.4 Å². The summed E-state index contributed by atoms with van der Waals surface area (Å²) in [6.07, 6.45) is 1.70. The van der Waals surface area contributed by atoms with Crippen LogP contribution in [0.25, 0.3) is 10.9 Å². The van der Waals surface area contributed by atoms with Crippen LogP contribution in [0.2, 0.25) is 0 Å². The number of hydrogen-bond acceptors (Lipinski definition) is 4. The number of hydrogen-bond donors (Lipinski definition) is 2. The Morgan fingerprint density at radius 2 is 2.20 bits per heavy atom. The van der Waals surface area contributed by atoms with E-state index in [4.69, 9.17) is 4.74 Å². The molecular formula is C18H16N4O3. The maximum Gasteiger partial charge on any atom is 0.265 e. The van der Waals surface area contributed by atoms with E-state index in [1.807, 2.05) is 31.2 Å². The molecule has 0 spiro atoms. The summed E-state index contributed by atoms with van der Waals surface area (Å²) in [6.45, 7) is 1.78. The highest BCUT2D eigenvalue weighted by Gasteiger charge is 2.27. The highest BCUT2D eigenvalue weighted by molar-refractivity contribution is 6.05. The Morgan fingerprint density at radius 1 is 1.36 bits per heavy atom. The normalized spacial score (nSPS) is 13.5. The third-order valence-corrected chi connectivity index (χ3v) is 4.17. The Hall–Kier alpha value is -3.35. The van der Waals surface area contributed by atoms with Crippen molar-refractivity contribution in [2.45, 2.75) is 6.92 Å². The molecule has 4 rings (SSSR count). The van der Waals surface area contributed by atoms with Gasteiger partial charge in [-0.3, -0.25) is 19.6 Å². The van der Waals surface area contributed by atoms with Crippen LogP contribution in [0.3, 0.4) is 0 Å². The smallest absolute Gasteiger partial charge is 0.265 e. The molecule has 0 saturated heterocycles. The monoisotopic (exact) mass is 336 g/mol. The van der Waals surface area contributed by atoms with Gasteiger partial charge in [0.15, 0.2) is 6.61 Å². The SMILES string of the molecule is Cc1cc2[nH]ncc2cc1NC(=O)CN1C(=O)COc2ccccc21. The quantitative estimate of drug-likeness (QED) is 0.768. The number of aromatic amines is 1. The molecule has 0 fully saturated rings. The first-order valence-corrected chi connectivity index (χ1v) is 7.87. The lowest BCUT2D eigenvalue weighted by Gasteiger charge is -2.28. The van der Waals surface area contributed by atoms with Gasteiger partial charge in [0, 0.05) is 11.1 Å². The zero-order chi connectivity index (χ0) is 17.4. The lowest BCUT2D eigenvalue weighted by atomic mass is 10.1. The third kappa shape index (κ3) is 2.80. The predicted molar refractivity (Wildman–Crippen MR) is 93.8 cm³/mol. The van der Waals surface area contributed by atoms with Crippen molar-refractivity contribution in [2.24, 2.45) is 0 Å². The van der Waals surface area contributed by atoms with E-state index in [9.17, 15) is 9.59 Å². The van der Waals surface area contributed by atoms with Crippen molar-refractivity contribution >= 4 is 34.1 Å². The van der Waals surface area contributed by atoms with E-state index < -0.39 is 0 Å². The molecule has 1 aliphatic heterocycles. The van der Waals surface area contributed by atoms with Gasteiger partial charge in [-0.1, -0.05) is 12.1 Å². The van der Waals surface area contributed by atoms with Crippen molar-refractivity contribution in [1.82, 2.24) is 10.2 Å². The van der Waals surface area contributed by atoms with Gasteiger partial charge in [0.05, 0.1) is 17.4 Å². The highest BCUT2D eigenvalue weighted by Crippen LogP contribution is 2.31. The molecule has 0 saturated carbocycles. The van der Waals surface area contributed by atoms with Crippen molar-refractivity contribution in [2.75, 3.05) is 23.4 Å². The summed E-state index contributed by atoms with van der Waals surface area (Å²) in [6, 6.07) is 11.0. The number of aromatic nitrogens is 2. The molecule has 0 unspecified atom stereocenters. The van der Waals surface area contributed by atoms with Crippen LogP contribution >= 0.6 is 0 Å². The van der Waals surface area contributed by atoms with Gasteiger partial charge in [-0.25, -0.2) is 0 Å². The predicted octanol–water partition coefficient (Wildman–Crippen LogP) is 2.24. The standard InChI is InChI=1S/C18H16N4O3/c1-11-6-14-12(8-19-21-14)7-13(11)20-17(23)9-22-15-4-2-3-5-16(15)25-10-18(22)24/h2-8H,9-10H2,1H3,(H,19,21)(H,20,23). The van der Waals surface area contributed by atoms with E-state index in [-0.39, 0.29) is 25.0 Å². The first kappa shape index (κ1) is 15.2. The van der Waals surface area contributed by atoms with Crippen LogP contribution in [0, 0.1) is 6.92 Å². The summed E-state index contributed by atoms with van der Waals surface area (Å²) in [5, 5.41) is 10.7. The van der Waals surface area contributed by atoms with Gasteiger partial charge < -0.3 is 10.1 Å². The van der Waals surface area contributed by atoms with Crippen molar-refractivity contribution in [3.8, 4) is 5.75 Å². The molecule has 0 bridgehead atoms. The number of H-pyrrole nitrogens is 1. The second kappa shape index (κ2) is 5.94. The molecule has 0 atom stereocenters. The van der Waals surface area contributed by atoms with Crippen LogP contribution in [0.1, 0.15) is 5.56 Å². The van der Waals surface area contributed by atoms with Crippen LogP contribution in [0.15, 0.2) is 42.6 Å². The molecule has 7 heteroatoms. The molecule has 3 aromatic rings. The fraction of sp³-hybridized carbons (Fsp3) is 0.167. The maximum atomic E-state index is 12.5. The molecule has 25 heavy (non-hydrogen) atoms. The van der Waals surface area contributed by atoms with Crippen LogP contribution < -0.4 is 15.0 Å².